The van der Waals surface area contributed by atoms with Gasteiger partial charge < -0.3 is 10.6 Å². The van der Waals surface area contributed by atoms with Crippen molar-refractivity contribution in [1.82, 2.24) is 10.6 Å². The van der Waals surface area contributed by atoms with E-state index in [0.717, 1.165) is 30.7 Å². The third kappa shape index (κ3) is 4.71. The Hall–Kier alpha value is -1.07. The van der Waals surface area contributed by atoms with Crippen LogP contribution in [0.3, 0.4) is 0 Å². The van der Waals surface area contributed by atoms with E-state index in [2.05, 4.69) is 17.6 Å². The third-order valence-electron chi connectivity index (χ3n) is 4.07. The fraction of sp³-hybridized carbons (Fsp3) is 0.625. The average molecular weight is 300 g/mol. The maximum absolute atomic E-state index is 12.5. The van der Waals surface area contributed by atoms with Crippen molar-refractivity contribution in [2.75, 3.05) is 6.54 Å². The zero-order valence-electron chi connectivity index (χ0n) is 12.5. The molecule has 2 N–H and O–H groups in total. The molecule has 1 fully saturated rings. The summed E-state index contributed by atoms with van der Waals surface area (Å²) in [5, 5.41) is 6.92. The Morgan fingerprint density at radius 3 is 2.43 bits per heavy atom. The van der Waals surface area contributed by atoms with E-state index in [0.29, 0.717) is 12.1 Å². The summed E-state index contributed by atoms with van der Waals surface area (Å²) in [6.45, 7) is 5.20. The zero-order chi connectivity index (χ0) is 15.5. The molecule has 3 unspecified atom stereocenters. The van der Waals surface area contributed by atoms with E-state index in [9.17, 15) is 13.2 Å². The lowest BCUT2D eigenvalue weighted by molar-refractivity contribution is -0.137. The maximum atomic E-state index is 12.5. The Kier molecular flexibility index (Phi) is 5.27. The molecule has 0 amide bonds. The van der Waals surface area contributed by atoms with Crippen molar-refractivity contribution < 1.29 is 13.2 Å². The summed E-state index contributed by atoms with van der Waals surface area (Å²) in [5.74, 6) is 0. The van der Waals surface area contributed by atoms with Crippen LogP contribution in [0.25, 0.3) is 0 Å². The Labute approximate surface area is 124 Å². The molecule has 0 bridgehead atoms. The van der Waals surface area contributed by atoms with Crippen LogP contribution in [0.4, 0.5) is 13.2 Å². The van der Waals surface area contributed by atoms with E-state index < -0.39 is 11.7 Å². The first-order chi connectivity index (χ1) is 9.86. The van der Waals surface area contributed by atoms with Crippen molar-refractivity contribution in [1.29, 1.82) is 0 Å². The van der Waals surface area contributed by atoms with Crippen molar-refractivity contribution in [3.05, 3.63) is 35.4 Å². The third-order valence-corrected chi connectivity index (χ3v) is 4.07. The Morgan fingerprint density at radius 1 is 1.24 bits per heavy atom. The molecule has 0 aliphatic carbocycles. The average Bonchev–Trinajstić information content (AvgIpc) is 2.90. The summed E-state index contributed by atoms with van der Waals surface area (Å²) in [6, 6.07) is 6.35. The van der Waals surface area contributed by atoms with E-state index in [1.807, 2.05) is 6.92 Å². The largest absolute Gasteiger partial charge is 0.416 e. The molecule has 0 aromatic heterocycles. The van der Waals surface area contributed by atoms with Gasteiger partial charge in [0.25, 0.3) is 0 Å². The van der Waals surface area contributed by atoms with Gasteiger partial charge in [0.1, 0.15) is 0 Å². The lowest BCUT2D eigenvalue weighted by Gasteiger charge is -2.23. The van der Waals surface area contributed by atoms with Crippen molar-refractivity contribution in [3.63, 3.8) is 0 Å². The van der Waals surface area contributed by atoms with Crippen molar-refractivity contribution in [2.45, 2.75) is 57.4 Å². The van der Waals surface area contributed by atoms with Gasteiger partial charge in [0.15, 0.2) is 0 Å². The highest BCUT2D eigenvalue weighted by Gasteiger charge is 2.30. The summed E-state index contributed by atoms with van der Waals surface area (Å²) in [5.41, 5.74) is 0.288. The minimum Gasteiger partial charge on any atom is -0.314 e. The summed E-state index contributed by atoms with van der Waals surface area (Å²) >= 11 is 0. The van der Waals surface area contributed by atoms with Crippen molar-refractivity contribution in [3.8, 4) is 0 Å². The summed E-state index contributed by atoms with van der Waals surface area (Å²) in [4.78, 5) is 0. The monoisotopic (exact) mass is 300 g/mol. The van der Waals surface area contributed by atoms with E-state index in [1.54, 1.807) is 12.1 Å². The first kappa shape index (κ1) is 16.3. The number of hydrogen-bond acceptors (Lipinski definition) is 2. The van der Waals surface area contributed by atoms with Crippen LogP contribution in [0.5, 0.6) is 0 Å². The predicted molar refractivity (Wildman–Crippen MR) is 78.1 cm³/mol. The smallest absolute Gasteiger partial charge is 0.314 e. The van der Waals surface area contributed by atoms with Crippen LogP contribution in [0, 0.1) is 0 Å². The van der Waals surface area contributed by atoms with Gasteiger partial charge in [-0.3, -0.25) is 0 Å². The molecule has 1 heterocycles. The minimum atomic E-state index is -4.27. The molecule has 0 radical (unpaired) electrons. The van der Waals surface area contributed by atoms with Gasteiger partial charge in [0.05, 0.1) is 5.56 Å². The van der Waals surface area contributed by atoms with Crippen LogP contribution in [-0.4, -0.2) is 18.6 Å². The van der Waals surface area contributed by atoms with Crippen LogP contribution in [0.1, 0.15) is 50.3 Å². The van der Waals surface area contributed by atoms with Crippen LogP contribution < -0.4 is 10.6 Å². The quantitative estimate of drug-likeness (QED) is 0.862. The first-order valence-electron chi connectivity index (χ1n) is 7.53. The van der Waals surface area contributed by atoms with Gasteiger partial charge in [-0.15, -0.1) is 0 Å². The van der Waals surface area contributed by atoms with Gasteiger partial charge in [-0.1, -0.05) is 12.1 Å². The van der Waals surface area contributed by atoms with Gasteiger partial charge in [0.2, 0.25) is 0 Å². The SMILES string of the molecule is CC(CC1CCCN1)NC(C)c1ccc(C(F)(F)F)cc1. The Bertz CT molecular complexity index is 436. The maximum Gasteiger partial charge on any atom is 0.416 e. The molecule has 3 atom stereocenters. The van der Waals surface area contributed by atoms with E-state index in [1.165, 1.54) is 12.8 Å². The molecular formula is C16H23F3N2. The van der Waals surface area contributed by atoms with Gasteiger partial charge in [-0.05, 0) is 57.4 Å². The molecule has 1 aromatic rings. The number of rotatable bonds is 5. The summed E-state index contributed by atoms with van der Waals surface area (Å²) < 4.78 is 37.6. The number of halogens is 3. The van der Waals surface area contributed by atoms with Gasteiger partial charge in [0, 0.05) is 18.1 Å². The lowest BCUT2D eigenvalue weighted by atomic mass is 10.0. The van der Waals surface area contributed by atoms with E-state index in [4.69, 9.17) is 0 Å². The van der Waals surface area contributed by atoms with Crippen LogP contribution in [0.15, 0.2) is 24.3 Å². The second-order valence-corrected chi connectivity index (χ2v) is 5.94. The molecule has 1 saturated heterocycles. The van der Waals surface area contributed by atoms with Gasteiger partial charge >= 0.3 is 6.18 Å². The van der Waals surface area contributed by atoms with E-state index in [-0.39, 0.29) is 6.04 Å². The molecular weight excluding hydrogens is 277 g/mol. The number of alkyl halides is 3. The second kappa shape index (κ2) is 6.79. The van der Waals surface area contributed by atoms with Gasteiger partial charge in [-0.2, -0.15) is 13.2 Å². The molecule has 1 aromatic carbocycles. The highest BCUT2D eigenvalue weighted by atomic mass is 19.4. The molecule has 0 spiro atoms. The summed E-state index contributed by atoms with van der Waals surface area (Å²) in [6.07, 6.45) is -0.784. The molecule has 0 saturated carbocycles. The number of nitrogens with one attached hydrogen (secondary N) is 2. The number of benzene rings is 1. The predicted octanol–water partition coefficient (Wildman–Crippen LogP) is 3.89. The van der Waals surface area contributed by atoms with Crippen LogP contribution in [0.2, 0.25) is 0 Å². The van der Waals surface area contributed by atoms with Crippen molar-refractivity contribution in [2.24, 2.45) is 0 Å². The molecule has 2 rings (SSSR count). The molecule has 1 aliphatic heterocycles. The highest BCUT2D eigenvalue weighted by molar-refractivity contribution is 5.26. The Balaban J connectivity index is 1.88. The Morgan fingerprint density at radius 2 is 1.90 bits per heavy atom. The summed E-state index contributed by atoms with van der Waals surface area (Å²) in [7, 11) is 0. The van der Waals surface area contributed by atoms with Crippen LogP contribution in [-0.2, 0) is 6.18 Å². The second-order valence-electron chi connectivity index (χ2n) is 5.94. The highest BCUT2D eigenvalue weighted by Crippen LogP contribution is 2.30. The van der Waals surface area contributed by atoms with Crippen molar-refractivity contribution >= 4 is 0 Å². The van der Waals surface area contributed by atoms with E-state index >= 15 is 0 Å². The van der Waals surface area contributed by atoms with Crippen LogP contribution >= 0.6 is 0 Å². The number of hydrogen-bond donors (Lipinski definition) is 2. The molecule has 2 nitrogen and oxygen atoms in total. The first-order valence-corrected chi connectivity index (χ1v) is 7.53. The fourth-order valence-corrected chi connectivity index (χ4v) is 2.94. The zero-order valence-corrected chi connectivity index (χ0v) is 12.5. The molecule has 5 heteroatoms. The fourth-order valence-electron chi connectivity index (χ4n) is 2.94. The van der Waals surface area contributed by atoms with Gasteiger partial charge in [-0.25, -0.2) is 0 Å². The molecule has 21 heavy (non-hydrogen) atoms. The topological polar surface area (TPSA) is 24.1 Å². The lowest BCUT2D eigenvalue weighted by Crippen LogP contribution is -2.35. The molecule has 118 valence electrons. The normalized spacial score (nSPS) is 22.2. The minimum absolute atomic E-state index is 0.0451. The molecule has 1 aliphatic rings. The standard InChI is InChI=1S/C16H23F3N2/c1-11(10-15-4-3-9-20-15)21-12(2)13-5-7-14(8-6-13)16(17,18)19/h5-8,11-12,15,20-21H,3-4,9-10H2,1-2H3.